The first-order chi connectivity index (χ1) is 10.8. The molecule has 0 radical (unpaired) electrons. The molecule has 0 aliphatic rings. The highest BCUT2D eigenvalue weighted by Crippen LogP contribution is 2.22. The molecule has 5 nitrogen and oxygen atoms in total. The maximum Gasteiger partial charge on any atom is 0.237 e. The summed E-state index contributed by atoms with van der Waals surface area (Å²) in [5.41, 5.74) is 2.01. The second kappa shape index (κ2) is 8.89. The van der Waals surface area contributed by atoms with Crippen molar-refractivity contribution < 1.29 is 14.2 Å². The van der Waals surface area contributed by atoms with Crippen LogP contribution >= 0.6 is 0 Å². The van der Waals surface area contributed by atoms with Crippen LogP contribution in [0.5, 0.6) is 11.6 Å². The third-order valence-corrected chi connectivity index (χ3v) is 2.99. The normalized spacial score (nSPS) is 10.3. The Balaban J connectivity index is 1.95. The van der Waals surface area contributed by atoms with E-state index < -0.39 is 0 Å². The molecule has 22 heavy (non-hydrogen) atoms. The number of nitrogens with zero attached hydrogens (tertiary/aromatic N) is 1. The van der Waals surface area contributed by atoms with Crippen LogP contribution in [0.1, 0.15) is 12.5 Å². The molecule has 1 N–H and O–H groups in total. The lowest BCUT2D eigenvalue weighted by atomic mass is 10.2. The number of rotatable bonds is 9. The van der Waals surface area contributed by atoms with E-state index in [0.29, 0.717) is 32.2 Å². The van der Waals surface area contributed by atoms with E-state index in [0.717, 1.165) is 17.0 Å². The van der Waals surface area contributed by atoms with Crippen LogP contribution in [0.25, 0.3) is 0 Å². The minimum atomic E-state index is 0.546. The number of nitrogens with one attached hydrogen (secondary N) is 1. The smallest absolute Gasteiger partial charge is 0.237 e. The maximum absolute atomic E-state index is 5.61. The van der Waals surface area contributed by atoms with Gasteiger partial charge >= 0.3 is 0 Å². The molecule has 0 bridgehead atoms. The number of anilines is 1. The second-order valence-electron chi connectivity index (χ2n) is 4.63. The van der Waals surface area contributed by atoms with Gasteiger partial charge in [0.05, 0.1) is 18.9 Å². The predicted octanol–water partition coefficient (Wildman–Crippen LogP) is 3.12. The second-order valence-corrected chi connectivity index (χ2v) is 4.63. The molecule has 0 saturated carbocycles. The minimum Gasteiger partial charge on any atom is -0.491 e. The van der Waals surface area contributed by atoms with Crippen LogP contribution in [0.4, 0.5) is 5.69 Å². The highest BCUT2D eigenvalue weighted by atomic mass is 16.5. The van der Waals surface area contributed by atoms with E-state index in [1.54, 1.807) is 13.3 Å². The van der Waals surface area contributed by atoms with E-state index in [4.69, 9.17) is 14.2 Å². The zero-order chi connectivity index (χ0) is 15.6. The zero-order valence-electron chi connectivity index (χ0n) is 13.0. The van der Waals surface area contributed by atoms with E-state index in [9.17, 15) is 0 Å². The molecule has 2 rings (SSSR count). The van der Waals surface area contributed by atoms with Crippen LogP contribution in [0, 0.1) is 0 Å². The van der Waals surface area contributed by atoms with Gasteiger partial charge in [-0.3, -0.25) is 0 Å². The maximum atomic E-state index is 5.61. The van der Waals surface area contributed by atoms with E-state index >= 15 is 0 Å². The van der Waals surface area contributed by atoms with Crippen molar-refractivity contribution in [3.63, 3.8) is 0 Å². The van der Waals surface area contributed by atoms with Gasteiger partial charge in [0, 0.05) is 19.9 Å². The zero-order valence-corrected chi connectivity index (χ0v) is 13.0. The highest BCUT2D eigenvalue weighted by Gasteiger charge is 2.04. The molecule has 0 atom stereocenters. The van der Waals surface area contributed by atoms with Gasteiger partial charge in [-0.25, -0.2) is 4.98 Å². The Morgan fingerprint density at radius 2 is 2.00 bits per heavy atom. The van der Waals surface area contributed by atoms with Crippen molar-refractivity contribution in [2.24, 2.45) is 0 Å². The lowest BCUT2D eigenvalue weighted by molar-refractivity contribution is 0.146. The van der Waals surface area contributed by atoms with Gasteiger partial charge < -0.3 is 19.5 Å². The Labute approximate surface area is 131 Å². The van der Waals surface area contributed by atoms with Gasteiger partial charge in [0.2, 0.25) is 5.88 Å². The number of hydrogen-bond donors (Lipinski definition) is 1. The molecule has 5 heteroatoms. The molecule has 2 aromatic rings. The Morgan fingerprint density at radius 3 is 2.82 bits per heavy atom. The molecule has 0 aliphatic heterocycles. The average molecular weight is 302 g/mol. The third-order valence-electron chi connectivity index (χ3n) is 2.99. The standard InChI is InChI=1S/C17H22N2O3/c1-3-21-17-16(8-5-9-18-17)19-13-14-6-4-7-15(12-14)22-11-10-20-2/h4-9,12,19H,3,10-11,13H2,1-2H3. The van der Waals surface area contributed by atoms with Crippen molar-refractivity contribution in [2.45, 2.75) is 13.5 Å². The molecule has 0 unspecified atom stereocenters. The Kier molecular flexibility index (Phi) is 6.51. The van der Waals surface area contributed by atoms with Gasteiger partial charge in [-0.15, -0.1) is 0 Å². The van der Waals surface area contributed by atoms with Gasteiger partial charge in [0.1, 0.15) is 12.4 Å². The first kappa shape index (κ1) is 16.1. The predicted molar refractivity (Wildman–Crippen MR) is 86.5 cm³/mol. The number of hydrogen-bond acceptors (Lipinski definition) is 5. The van der Waals surface area contributed by atoms with Gasteiger partial charge in [0.25, 0.3) is 0 Å². The van der Waals surface area contributed by atoms with Gasteiger partial charge in [-0.1, -0.05) is 12.1 Å². The average Bonchev–Trinajstić information content (AvgIpc) is 2.55. The molecule has 1 heterocycles. The first-order valence-corrected chi connectivity index (χ1v) is 7.36. The lowest BCUT2D eigenvalue weighted by Crippen LogP contribution is -2.06. The molecule has 0 aliphatic carbocycles. The summed E-state index contributed by atoms with van der Waals surface area (Å²) in [4.78, 5) is 4.22. The number of benzene rings is 1. The molecular weight excluding hydrogens is 280 g/mol. The summed E-state index contributed by atoms with van der Waals surface area (Å²) in [7, 11) is 1.66. The fraction of sp³-hybridized carbons (Fsp3) is 0.353. The van der Waals surface area contributed by atoms with Crippen molar-refractivity contribution in [3.8, 4) is 11.6 Å². The van der Waals surface area contributed by atoms with Gasteiger partial charge in [-0.05, 0) is 36.8 Å². The van der Waals surface area contributed by atoms with Crippen LogP contribution in [-0.4, -0.2) is 31.9 Å². The Hall–Kier alpha value is -2.27. The number of aromatic nitrogens is 1. The van der Waals surface area contributed by atoms with E-state index in [-0.39, 0.29) is 0 Å². The van der Waals surface area contributed by atoms with Crippen molar-refractivity contribution in [2.75, 3.05) is 32.2 Å². The van der Waals surface area contributed by atoms with E-state index in [1.807, 2.05) is 43.3 Å². The van der Waals surface area contributed by atoms with Crippen LogP contribution in [-0.2, 0) is 11.3 Å². The summed E-state index contributed by atoms with van der Waals surface area (Å²) in [6.07, 6.45) is 1.72. The number of pyridine rings is 1. The summed E-state index contributed by atoms with van der Waals surface area (Å²) >= 11 is 0. The Morgan fingerprint density at radius 1 is 1.09 bits per heavy atom. The topological polar surface area (TPSA) is 52.6 Å². The van der Waals surface area contributed by atoms with Crippen LogP contribution in [0.2, 0.25) is 0 Å². The summed E-state index contributed by atoms with van der Waals surface area (Å²) in [6, 6.07) is 11.8. The number of methoxy groups -OCH3 is 1. The monoisotopic (exact) mass is 302 g/mol. The highest BCUT2D eigenvalue weighted by molar-refractivity contribution is 5.52. The molecule has 0 spiro atoms. The van der Waals surface area contributed by atoms with Crippen molar-refractivity contribution in [1.29, 1.82) is 0 Å². The van der Waals surface area contributed by atoms with Gasteiger partial charge in [-0.2, -0.15) is 0 Å². The summed E-state index contributed by atoms with van der Waals surface area (Å²) < 4.78 is 16.1. The largest absolute Gasteiger partial charge is 0.491 e. The lowest BCUT2D eigenvalue weighted by Gasteiger charge is -2.12. The van der Waals surface area contributed by atoms with Crippen LogP contribution in [0.3, 0.4) is 0 Å². The summed E-state index contributed by atoms with van der Waals surface area (Å²) in [5.74, 6) is 1.46. The van der Waals surface area contributed by atoms with Crippen LogP contribution in [0.15, 0.2) is 42.6 Å². The Bertz CT molecular complexity index is 575. The van der Waals surface area contributed by atoms with Crippen molar-refractivity contribution in [1.82, 2.24) is 4.98 Å². The molecule has 1 aromatic carbocycles. The molecule has 0 fully saturated rings. The fourth-order valence-electron chi connectivity index (χ4n) is 1.96. The molecular formula is C17H22N2O3. The first-order valence-electron chi connectivity index (χ1n) is 7.36. The molecule has 0 saturated heterocycles. The van der Waals surface area contributed by atoms with Crippen molar-refractivity contribution in [3.05, 3.63) is 48.2 Å². The molecule has 118 valence electrons. The summed E-state index contributed by atoms with van der Waals surface area (Å²) in [5, 5.41) is 3.34. The van der Waals surface area contributed by atoms with E-state index in [1.165, 1.54) is 0 Å². The third kappa shape index (κ3) is 4.93. The fourth-order valence-corrected chi connectivity index (χ4v) is 1.96. The molecule has 1 aromatic heterocycles. The summed E-state index contributed by atoms with van der Waals surface area (Å²) in [6.45, 7) is 4.33. The van der Waals surface area contributed by atoms with Crippen molar-refractivity contribution >= 4 is 5.69 Å². The molecule has 0 amide bonds. The van der Waals surface area contributed by atoms with Gasteiger partial charge in [0.15, 0.2) is 0 Å². The minimum absolute atomic E-state index is 0.546. The SMILES string of the molecule is CCOc1ncccc1NCc1cccc(OCCOC)c1. The number of ether oxygens (including phenoxy) is 3. The van der Waals surface area contributed by atoms with E-state index in [2.05, 4.69) is 10.3 Å². The quantitative estimate of drug-likeness (QED) is 0.721. The van der Waals surface area contributed by atoms with Crippen LogP contribution < -0.4 is 14.8 Å².